The Bertz CT molecular complexity index is 3290. The van der Waals surface area contributed by atoms with E-state index in [1.165, 1.54) is 121 Å². The third-order valence-corrected chi connectivity index (χ3v) is 14.2. The predicted octanol–water partition coefficient (Wildman–Crippen LogP) is 9.58. The molecule has 7 aromatic carbocycles. The first-order valence-corrected chi connectivity index (χ1v) is 21.6. The van der Waals surface area contributed by atoms with Gasteiger partial charge in [0.25, 0.3) is 13.4 Å². The molecule has 60 heavy (non-hydrogen) atoms. The van der Waals surface area contributed by atoms with Crippen LogP contribution in [0.25, 0.3) is 55.0 Å². The molecule has 0 spiro atoms. The van der Waals surface area contributed by atoms with Crippen LogP contribution in [-0.2, 0) is 10.8 Å². The van der Waals surface area contributed by atoms with Gasteiger partial charge < -0.3 is 18.6 Å². The van der Waals surface area contributed by atoms with Crippen molar-refractivity contribution < 1.29 is 9.47 Å². The molecule has 6 heterocycles. The van der Waals surface area contributed by atoms with Crippen molar-refractivity contribution in [2.75, 3.05) is 0 Å². The summed E-state index contributed by atoms with van der Waals surface area (Å²) >= 11 is 0. The Morgan fingerprint density at radius 1 is 0.400 bits per heavy atom. The second-order valence-electron chi connectivity index (χ2n) is 20.5. The van der Waals surface area contributed by atoms with Gasteiger partial charge >= 0.3 is 0 Å². The van der Waals surface area contributed by atoms with Gasteiger partial charge in [-0.1, -0.05) is 94.1 Å². The molecule has 6 heteroatoms. The van der Waals surface area contributed by atoms with E-state index in [-0.39, 0.29) is 24.3 Å². The van der Waals surface area contributed by atoms with E-state index in [1.807, 2.05) is 0 Å². The zero-order valence-corrected chi connectivity index (χ0v) is 36.1. The minimum Gasteiger partial charge on any atom is -0.458 e. The van der Waals surface area contributed by atoms with Gasteiger partial charge in [-0.25, -0.2) is 0 Å². The Morgan fingerprint density at radius 3 is 1.23 bits per heavy atom. The van der Waals surface area contributed by atoms with Gasteiger partial charge in [0, 0.05) is 50.0 Å². The maximum Gasteiger partial charge on any atom is 0.256 e. The number of fused-ring (bicyclic) bond motifs is 14. The maximum atomic E-state index is 7.23. The zero-order valence-electron chi connectivity index (χ0n) is 36.1. The summed E-state index contributed by atoms with van der Waals surface area (Å²) in [5.41, 5.74) is 22.6. The Morgan fingerprint density at radius 2 is 0.817 bits per heavy atom. The van der Waals surface area contributed by atoms with Crippen LogP contribution in [0.15, 0.2) is 97.1 Å². The molecule has 0 unspecified atom stereocenters. The molecule has 0 bridgehead atoms. The van der Waals surface area contributed by atoms with Crippen molar-refractivity contribution in [3.63, 3.8) is 0 Å². The van der Waals surface area contributed by atoms with Crippen molar-refractivity contribution >= 4 is 89.8 Å². The maximum absolute atomic E-state index is 7.23. The topological polar surface area (TPSA) is 28.3 Å². The fourth-order valence-corrected chi connectivity index (χ4v) is 11.5. The van der Waals surface area contributed by atoms with Crippen LogP contribution in [0.4, 0.5) is 0 Å². The van der Waals surface area contributed by atoms with Gasteiger partial charge in [-0.15, -0.1) is 0 Å². The minimum absolute atomic E-state index is 0.0157. The highest BCUT2D eigenvalue weighted by Gasteiger charge is 2.46. The molecule has 4 aliphatic rings. The quantitative estimate of drug-likeness (QED) is 0.144. The SMILES string of the molecule is Cc1ccc2c(c1)c1cc(C)cc3c1n2-c1cc(C(C)(C)C)cc2c1B3c1cc3c(cc1O2)Oc1cc(C(C)(C)C)cc2c1B3c1cc(C)cc3c4cc(C)ccc4n-2c13. The third-order valence-electron chi connectivity index (χ3n) is 14.2. The van der Waals surface area contributed by atoms with E-state index in [4.69, 9.17) is 9.47 Å². The summed E-state index contributed by atoms with van der Waals surface area (Å²) < 4.78 is 19.6. The fourth-order valence-electron chi connectivity index (χ4n) is 11.5. The van der Waals surface area contributed by atoms with Crippen LogP contribution in [0.1, 0.15) is 74.9 Å². The molecular weight excluding hydrogens is 730 g/mol. The molecule has 13 rings (SSSR count). The van der Waals surface area contributed by atoms with Crippen LogP contribution >= 0.6 is 0 Å². The summed E-state index contributed by atoms with van der Waals surface area (Å²) in [7, 11) is 0. The van der Waals surface area contributed by atoms with Crippen molar-refractivity contribution in [2.24, 2.45) is 0 Å². The van der Waals surface area contributed by atoms with E-state index in [1.54, 1.807) is 0 Å². The molecule has 0 amide bonds. The van der Waals surface area contributed by atoms with Crippen LogP contribution in [0.2, 0.25) is 0 Å². The molecule has 0 saturated carbocycles. The van der Waals surface area contributed by atoms with Crippen LogP contribution < -0.4 is 42.3 Å². The van der Waals surface area contributed by atoms with E-state index in [2.05, 4.69) is 175 Å². The highest BCUT2D eigenvalue weighted by atomic mass is 16.5. The molecular formula is C54H46B2N2O2. The first kappa shape index (κ1) is 34.7. The van der Waals surface area contributed by atoms with Gasteiger partial charge in [0.2, 0.25) is 0 Å². The fraction of sp³-hybridized carbons (Fsp3) is 0.222. The lowest BCUT2D eigenvalue weighted by Gasteiger charge is -2.38. The number of aryl methyl sites for hydroxylation is 4. The number of nitrogens with zero attached hydrogens (tertiary/aromatic N) is 2. The van der Waals surface area contributed by atoms with Gasteiger partial charge in [-0.3, -0.25) is 0 Å². The highest BCUT2D eigenvalue weighted by Crippen LogP contribution is 2.44. The van der Waals surface area contributed by atoms with E-state index in [9.17, 15) is 0 Å². The Kier molecular flexibility index (Phi) is 6.35. The summed E-state index contributed by atoms with van der Waals surface area (Å²) in [4.78, 5) is 0. The van der Waals surface area contributed by atoms with Crippen molar-refractivity contribution in [3.05, 3.63) is 130 Å². The average molecular weight is 777 g/mol. The van der Waals surface area contributed by atoms with Crippen LogP contribution in [-0.4, -0.2) is 22.6 Å². The number of hydrogen-bond donors (Lipinski definition) is 0. The number of benzene rings is 7. The molecule has 4 aliphatic heterocycles. The molecule has 9 aromatic rings. The standard InChI is InChI=1S/C54H46B2N2O2/c1-27-11-13-41-33(15-27)35-17-29(3)19-39-51(35)57(41)43-21-31(53(5,6)7)23-47-49(43)55(39)37-25-38-46(26-45(37)59-47)60-48-24-32(54(8,9)10)22-44-50(48)56(38)40-20-30(4)18-36-34-16-28(2)12-14-42(34)58(44)52(36)40/h11-26H,1-10H3. The Labute approximate surface area is 351 Å². The lowest BCUT2D eigenvalue weighted by molar-refractivity contribution is 0.462. The predicted molar refractivity (Wildman–Crippen MR) is 254 cm³/mol. The van der Waals surface area contributed by atoms with E-state index in [0.29, 0.717) is 0 Å². The summed E-state index contributed by atoms with van der Waals surface area (Å²) in [5, 5.41) is 5.24. The molecule has 0 saturated heterocycles. The summed E-state index contributed by atoms with van der Waals surface area (Å²) in [6.45, 7) is 22.7. The molecule has 290 valence electrons. The first-order chi connectivity index (χ1) is 28.6. The first-order valence-electron chi connectivity index (χ1n) is 21.6. The second kappa shape index (κ2) is 11.0. The van der Waals surface area contributed by atoms with Crippen molar-refractivity contribution in [2.45, 2.75) is 80.1 Å². The third kappa shape index (κ3) is 4.34. The Hall–Kier alpha value is -6.13. The molecule has 0 atom stereocenters. The Balaban J connectivity index is 1.14. The monoisotopic (exact) mass is 776 g/mol. The average Bonchev–Trinajstić information content (AvgIpc) is 3.68. The minimum atomic E-state index is -0.0800. The van der Waals surface area contributed by atoms with Crippen molar-refractivity contribution in [1.29, 1.82) is 0 Å². The molecule has 0 radical (unpaired) electrons. The number of ether oxygens (including phenoxy) is 2. The van der Waals surface area contributed by atoms with E-state index >= 15 is 0 Å². The molecule has 2 aromatic heterocycles. The summed E-state index contributed by atoms with van der Waals surface area (Å²) in [6, 6.07) is 37.8. The second-order valence-corrected chi connectivity index (χ2v) is 20.5. The largest absolute Gasteiger partial charge is 0.458 e. The highest BCUT2D eigenvalue weighted by molar-refractivity contribution is 7.02. The van der Waals surface area contributed by atoms with E-state index < -0.39 is 0 Å². The zero-order chi connectivity index (χ0) is 41.0. The lowest BCUT2D eigenvalue weighted by atomic mass is 9.31. The number of aromatic nitrogens is 2. The molecule has 4 nitrogen and oxygen atoms in total. The van der Waals surface area contributed by atoms with Gasteiger partial charge in [-0.2, -0.15) is 0 Å². The molecule has 0 N–H and O–H groups in total. The van der Waals surface area contributed by atoms with Gasteiger partial charge in [0.1, 0.15) is 23.0 Å². The number of rotatable bonds is 0. The molecule has 0 fully saturated rings. The number of hydrogen-bond acceptors (Lipinski definition) is 2. The van der Waals surface area contributed by atoms with Gasteiger partial charge in [0.15, 0.2) is 0 Å². The van der Waals surface area contributed by atoms with E-state index in [0.717, 1.165) is 23.0 Å². The van der Waals surface area contributed by atoms with Crippen LogP contribution in [0.3, 0.4) is 0 Å². The van der Waals surface area contributed by atoms with Gasteiger partial charge in [0.05, 0.1) is 11.0 Å². The summed E-state index contributed by atoms with van der Waals surface area (Å²) in [5.74, 6) is 3.64. The summed E-state index contributed by atoms with van der Waals surface area (Å²) in [6.07, 6.45) is 0. The smallest absolute Gasteiger partial charge is 0.256 e. The van der Waals surface area contributed by atoms with Crippen LogP contribution in [0.5, 0.6) is 23.0 Å². The normalized spacial score (nSPS) is 14.4. The van der Waals surface area contributed by atoms with Crippen molar-refractivity contribution in [1.82, 2.24) is 9.13 Å². The van der Waals surface area contributed by atoms with Gasteiger partial charge in [-0.05, 0) is 143 Å². The lowest BCUT2D eigenvalue weighted by Crippen LogP contribution is -2.62. The van der Waals surface area contributed by atoms with Crippen LogP contribution in [0, 0.1) is 27.7 Å². The van der Waals surface area contributed by atoms with Crippen molar-refractivity contribution in [3.8, 4) is 34.4 Å². The molecule has 0 aliphatic carbocycles.